The molecule has 1 atom stereocenters. The van der Waals surface area contributed by atoms with Crippen LogP contribution in [0.5, 0.6) is 0 Å². The molecule has 2 N–H and O–H groups in total. The van der Waals surface area contributed by atoms with E-state index in [2.05, 4.69) is 5.32 Å². The lowest BCUT2D eigenvalue weighted by Crippen LogP contribution is -2.29. The summed E-state index contributed by atoms with van der Waals surface area (Å²) in [5, 5.41) is 13.2. The van der Waals surface area contributed by atoms with Gasteiger partial charge in [-0.1, -0.05) is 25.4 Å². The topological polar surface area (TPSA) is 49.3 Å². The average molecular weight is 298 g/mol. The second kappa shape index (κ2) is 7.65. The Hall–Kier alpha value is -1.06. The molecule has 0 bridgehead atoms. The summed E-state index contributed by atoms with van der Waals surface area (Å²) in [5.74, 6) is -0.671. The second-order valence-electron chi connectivity index (χ2n) is 5.81. The monoisotopic (exact) mass is 297 g/mol. The minimum absolute atomic E-state index is 0.331. The molecule has 0 aliphatic rings. The number of aryl methyl sites for hydroxylation is 2. The number of halogens is 1. The molecule has 112 valence electrons. The number of benzene rings is 1. The molecule has 1 unspecified atom stereocenters. The van der Waals surface area contributed by atoms with Crippen molar-refractivity contribution in [1.82, 2.24) is 5.32 Å². The summed E-state index contributed by atoms with van der Waals surface area (Å²) in [4.78, 5) is 11.2. The molecule has 0 amide bonds. The summed E-state index contributed by atoms with van der Waals surface area (Å²) in [6.45, 7) is 9.32. The summed E-state index contributed by atoms with van der Waals surface area (Å²) < 4.78 is 0. The van der Waals surface area contributed by atoms with Crippen LogP contribution in [0.3, 0.4) is 0 Å². The van der Waals surface area contributed by atoms with E-state index in [0.717, 1.165) is 16.1 Å². The number of aliphatic carboxylic acids is 1. The first-order chi connectivity index (χ1) is 9.31. The van der Waals surface area contributed by atoms with Gasteiger partial charge in [-0.25, -0.2) is 0 Å². The Bertz CT molecular complexity index is 449. The minimum atomic E-state index is -0.726. The van der Waals surface area contributed by atoms with Gasteiger partial charge >= 0.3 is 5.97 Å². The highest BCUT2D eigenvalue weighted by Crippen LogP contribution is 2.20. The molecule has 0 aliphatic heterocycles. The van der Waals surface area contributed by atoms with Crippen LogP contribution in [0, 0.1) is 25.7 Å². The summed E-state index contributed by atoms with van der Waals surface area (Å²) in [5.41, 5.74) is 3.47. The first-order valence-electron chi connectivity index (χ1n) is 7.00. The second-order valence-corrected chi connectivity index (χ2v) is 6.25. The summed E-state index contributed by atoms with van der Waals surface area (Å²) in [6.07, 6.45) is 0.695. The Balaban J connectivity index is 2.61. The molecule has 0 heterocycles. The van der Waals surface area contributed by atoms with E-state index in [1.165, 1.54) is 5.56 Å². The van der Waals surface area contributed by atoms with Crippen LogP contribution in [0.15, 0.2) is 12.1 Å². The lowest BCUT2D eigenvalue weighted by Gasteiger charge is -2.17. The van der Waals surface area contributed by atoms with Crippen molar-refractivity contribution in [3.05, 3.63) is 33.8 Å². The maximum absolute atomic E-state index is 11.2. The number of rotatable bonds is 7. The van der Waals surface area contributed by atoms with Crippen LogP contribution >= 0.6 is 11.6 Å². The number of carboxylic acid groups (broad SMARTS) is 1. The lowest BCUT2D eigenvalue weighted by atomic mass is 9.97. The summed E-state index contributed by atoms with van der Waals surface area (Å²) >= 11 is 6.01. The molecule has 0 radical (unpaired) electrons. The molecule has 1 aromatic carbocycles. The molecular formula is C16H24ClNO2. The molecule has 1 aromatic rings. The Morgan fingerprint density at radius 3 is 2.30 bits per heavy atom. The molecule has 0 aromatic heterocycles. The number of carbonyl (C=O) groups is 1. The third-order valence-corrected chi connectivity index (χ3v) is 3.68. The van der Waals surface area contributed by atoms with Gasteiger partial charge in [0.2, 0.25) is 0 Å². The van der Waals surface area contributed by atoms with Crippen LogP contribution < -0.4 is 5.32 Å². The average Bonchev–Trinajstić information content (AvgIpc) is 2.30. The Morgan fingerprint density at radius 1 is 1.30 bits per heavy atom. The molecule has 1 rings (SSSR count). The molecule has 3 nitrogen and oxygen atoms in total. The summed E-state index contributed by atoms with van der Waals surface area (Å²) in [6, 6.07) is 3.88. The highest BCUT2D eigenvalue weighted by molar-refractivity contribution is 6.30. The van der Waals surface area contributed by atoms with Crippen molar-refractivity contribution in [1.29, 1.82) is 0 Å². The quantitative estimate of drug-likeness (QED) is 0.805. The van der Waals surface area contributed by atoms with Gasteiger partial charge in [0.25, 0.3) is 0 Å². The first kappa shape index (κ1) is 17.0. The highest BCUT2D eigenvalue weighted by atomic mass is 35.5. The van der Waals surface area contributed by atoms with E-state index in [1.807, 2.05) is 39.8 Å². The van der Waals surface area contributed by atoms with Crippen molar-refractivity contribution >= 4 is 17.6 Å². The zero-order chi connectivity index (χ0) is 15.3. The minimum Gasteiger partial charge on any atom is -0.481 e. The van der Waals surface area contributed by atoms with E-state index in [4.69, 9.17) is 11.6 Å². The molecule has 0 spiro atoms. The highest BCUT2D eigenvalue weighted by Gasteiger charge is 2.18. The van der Waals surface area contributed by atoms with Crippen LogP contribution in [-0.4, -0.2) is 17.6 Å². The Labute approximate surface area is 126 Å². The van der Waals surface area contributed by atoms with Crippen LogP contribution in [0.1, 0.15) is 37.0 Å². The third-order valence-electron chi connectivity index (χ3n) is 3.46. The maximum Gasteiger partial charge on any atom is 0.307 e. The van der Waals surface area contributed by atoms with Gasteiger partial charge in [-0.15, -0.1) is 0 Å². The zero-order valence-corrected chi connectivity index (χ0v) is 13.4. The standard InChI is InChI=1S/C16H24ClNO2/c1-10(2)5-13(16(19)20)8-18-9-15-11(3)6-14(17)7-12(15)4/h6-7,10,13,18H,5,8-9H2,1-4H3,(H,19,20). The predicted molar refractivity (Wildman–Crippen MR) is 83.2 cm³/mol. The van der Waals surface area contributed by atoms with E-state index in [0.29, 0.717) is 25.4 Å². The fraction of sp³-hybridized carbons (Fsp3) is 0.562. The smallest absolute Gasteiger partial charge is 0.307 e. The predicted octanol–water partition coefficient (Wildman–Crippen LogP) is 3.79. The lowest BCUT2D eigenvalue weighted by molar-refractivity contribution is -0.142. The zero-order valence-electron chi connectivity index (χ0n) is 12.7. The van der Waals surface area contributed by atoms with Gasteiger partial charge in [-0.05, 0) is 55.0 Å². The number of hydrogen-bond donors (Lipinski definition) is 2. The van der Waals surface area contributed by atoms with Crippen molar-refractivity contribution in [2.45, 2.75) is 40.7 Å². The molecule has 0 saturated carbocycles. The summed E-state index contributed by atoms with van der Waals surface area (Å²) in [7, 11) is 0. The van der Waals surface area contributed by atoms with E-state index >= 15 is 0 Å². The molecular weight excluding hydrogens is 274 g/mol. The first-order valence-corrected chi connectivity index (χ1v) is 7.38. The SMILES string of the molecule is Cc1cc(Cl)cc(C)c1CNCC(CC(C)C)C(=O)O. The molecule has 20 heavy (non-hydrogen) atoms. The van der Waals surface area contributed by atoms with E-state index in [-0.39, 0.29) is 5.92 Å². The van der Waals surface area contributed by atoms with E-state index in [9.17, 15) is 9.90 Å². The van der Waals surface area contributed by atoms with Gasteiger partial charge in [-0.3, -0.25) is 4.79 Å². The fourth-order valence-electron chi connectivity index (χ4n) is 2.43. The van der Waals surface area contributed by atoms with Crippen molar-refractivity contribution < 1.29 is 9.90 Å². The molecule has 4 heteroatoms. The van der Waals surface area contributed by atoms with Gasteiger partial charge in [0.05, 0.1) is 5.92 Å². The van der Waals surface area contributed by atoms with Crippen LogP contribution in [-0.2, 0) is 11.3 Å². The van der Waals surface area contributed by atoms with Crippen molar-refractivity contribution in [3.63, 3.8) is 0 Å². The number of nitrogens with one attached hydrogen (secondary N) is 1. The van der Waals surface area contributed by atoms with Gasteiger partial charge in [-0.2, -0.15) is 0 Å². The van der Waals surface area contributed by atoms with Crippen molar-refractivity contribution in [2.24, 2.45) is 11.8 Å². The van der Waals surface area contributed by atoms with Gasteiger partial charge in [0.1, 0.15) is 0 Å². The number of hydrogen-bond acceptors (Lipinski definition) is 2. The molecule has 0 fully saturated rings. The Kier molecular flexibility index (Phi) is 6.50. The largest absolute Gasteiger partial charge is 0.481 e. The Morgan fingerprint density at radius 2 is 1.85 bits per heavy atom. The van der Waals surface area contributed by atoms with Crippen molar-refractivity contribution in [2.75, 3.05) is 6.54 Å². The normalized spacial score (nSPS) is 12.7. The van der Waals surface area contributed by atoms with Crippen LogP contribution in [0.4, 0.5) is 0 Å². The van der Waals surface area contributed by atoms with Crippen molar-refractivity contribution in [3.8, 4) is 0 Å². The fourth-order valence-corrected chi connectivity index (χ4v) is 2.76. The van der Waals surface area contributed by atoms with Crippen LogP contribution in [0.2, 0.25) is 5.02 Å². The molecule has 0 saturated heterocycles. The van der Waals surface area contributed by atoms with Gasteiger partial charge in [0.15, 0.2) is 0 Å². The third kappa shape index (κ3) is 5.14. The van der Waals surface area contributed by atoms with E-state index < -0.39 is 5.97 Å². The van der Waals surface area contributed by atoms with Gasteiger partial charge in [0, 0.05) is 18.1 Å². The van der Waals surface area contributed by atoms with Gasteiger partial charge < -0.3 is 10.4 Å². The maximum atomic E-state index is 11.2. The molecule has 0 aliphatic carbocycles. The number of carboxylic acids is 1. The van der Waals surface area contributed by atoms with E-state index in [1.54, 1.807) is 0 Å². The van der Waals surface area contributed by atoms with Crippen LogP contribution in [0.25, 0.3) is 0 Å².